The minimum Gasteiger partial charge on any atom is -0.313 e. The Balaban J connectivity index is 1.59. The van der Waals surface area contributed by atoms with Gasteiger partial charge in [0.15, 0.2) is 0 Å². The van der Waals surface area contributed by atoms with Gasteiger partial charge < -0.3 is 5.32 Å². The zero-order valence-electron chi connectivity index (χ0n) is 11.1. The van der Waals surface area contributed by atoms with Gasteiger partial charge in [0.2, 0.25) is 0 Å². The van der Waals surface area contributed by atoms with Crippen LogP contribution in [-0.2, 0) is 6.54 Å². The predicted molar refractivity (Wildman–Crippen MR) is 70.8 cm³/mol. The molecular formula is C14H25N3. The molecule has 1 aromatic heterocycles. The Kier molecular flexibility index (Phi) is 4.60. The molecule has 0 amide bonds. The highest BCUT2D eigenvalue weighted by molar-refractivity contribution is 5.13. The first-order valence-electron chi connectivity index (χ1n) is 6.95. The third-order valence-corrected chi connectivity index (χ3v) is 4.11. The van der Waals surface area contributed by atoms with E-state index < -0.39 is 0 Å². The number of nitrogens with one attached hydrogen (secondary N) is 2. The SMILES string of the molecule is Cc1[nH]ncc1CNCCC1CCC(C)CC1. The molecule has 1 aliphatic carbocycles. The third-order valence-electron chi connectivity index (χ3n) is 4.11. The number of nitrogens with zero attached hydrogens (tertiary/aromatic N) is 1. The largest absolute Gasteiger partial charge is 0.313 e. The van der Waals surface area contributed by atoms with Gasteiger partial charge in [-0.25, -0.2) is 0 Å². The maximum atomic E-state index is 4.03. The second kappa shape index (κ2) is 6.20. The van der Waals surface area contributed by atoms with Crippen molar-refractivity contribution in [2.75, 3.05) is 6.54 Å². The fraction of sp³-hybridized carbons (Fsp3) is 0.786. The number of hydrogen-bond acceptors (Lipinski definition) is 2. The number of H-pyrrole nitrogens is 1. The number of aromatic amines is 1. The average Bonchev–Trinajstić information content (AvgIpc) is 2.73. The Morgan fingerprint density at radius 2 is 2.12 bits per heavy atom. The van der Waals surface area contributed by atoms with Crippen molar-refractivity contribution in [1.29, 1.82) is 0 Å². The van der Waals surface area contributed by atoms with Gasteiger partial charge in [-0.15, -0.1) is 0 Å². The topological polar surface area (TPSA) is 40.7 Å². The summed E-state index contributed by atoms with van der Waals surface area (Å²) in [5.41, 5.74) is 2.48. The normalized spacial score (nSPS) is 25.1. The minimum absolute atomic E-state index is 0.950. The average molecular weight is 235 g/mol. The molecule has 2 N–H and O–H groups in total. The maximum absolute atomic E-state index is 4.03. The lowest BCUT2D eigenvalue weighted by Gasteiger charge is -2.26. The molecule has 3 nitrogen and oxygen atoms in total. The first-order valence-corrected chi connectivity index (χ1v) is 6.95. The molecule has 1 fully saturated rings. The highest BCUT2D eigenvalue weighted by Crippen LogP contribution is 2.29. The van der Waals surface area contributed by atoms with Crippen molar-refractivity contribution in [2.24, 2.45) is 11.8 Å². The van der Waals surface area contributed by atoms with Gasteiger partial charge in [0.05, 0.1) is 6.20 Å². The summed E-state index contributed by atoms with van der Waals surface area (Å²) in [5, 5.41) is 10.5. The van der Waals surface area contributed by atoms with Crippen LogP contribution in [0.4, 0.5) is 0 Å². The van der Waals surface area contributed by atoms with E-state index in [2.05, 4.69) is 29.4 Å². The summed E-state index contributed by atoms with van der Waals surface area (Å²) < 4.78 is 0. The summed E-state index contributed by atoms with van der Waals surface area (Å²) in [4.78, 5) is 0. The van der Waals surface area contributed by atoms with Gasteiger partial charge in [-0.2, -0.15) is 5.10 Å². The second-order valence-electron chi connectivity index (χ2n) is 5.61. The second-order valence-corrected chi connectivity index (χ2v) is 5.61. The van der Waals surface area contributed by atoms with Gasteiger partial charge in [0.25, 0.3) is 0 Å². The predicted octanol–water partition coefficient (Wildman–Crippen LogP) is 3.02. The fourth-order valence-corrected chi connectivity index (χ4v) is 2.70. The standard InChI is InChI=1S/C14H25N3/c1-11-3-5-13(6-4-11)7-8-15-9-14-10-16-17-12(14)2/h10-11,13,15H,3-9H2,1-2H3,(H,16,17). The first kappa shape index (κ1) is 12.6. The van der Waals surface area contributed by atoms with Crippen LogP contribution in [-0.4, -0.2) is 16.7 Å². The smallest absolute Gasteiger partial charge is 0.0535 e. The van der Waals surface area contributed by atoms with Crippen molar-refractivity contribution in [3.8, 4) is 0 Å². The Bertz CT molecular complexity index is 324. The Labute approximate surface area is 104 Å². The summed E-state index contributed by atoms with van der Waals surface area (Å²) in [6.45, 7) is 6.55. The molecule has 1 aromatic rings. The highest BCUT2D eigenvalue weighted by Gasteiger charge is 2.17. The van der Waals surface area contributed by atoms with E-state index in [9.17, 15) is 0 Å². The van der Waals surface area contributed by atoms with Gasteiger partial charge >= 0.3 is 0 Å². The summed E-state index contributed by atoms with van der Waals surface area (Å²) in [6, 6.07) is 0. The van der Waals surface area contributed by atoms with Crippen LogP contribution in [0.1, 0.15) is 50.3 Å². The van der Waals surface area contributed by atoms with E-state index in [1.807, 2.05) is 6.20 Å². The molecule has 0 atom stereocenters. The number of aromatic nitrogens is 2. The molecule has 3 heteroatoms. The van der Waals surface area contributed by atoms with Gasteiger partial charge in [-0.1, -0.05) is 32.6 Å². The van der Waals surface area contributed by atoms with Crippen LogP contribution in [0.25, 0.3) is 0 Å². The molecule has 2 rings (SSSR count). The Hall–Kier alpha value is -0.830. The van der Waals surface area contributed by atoms with Crippen LogP contribution in [0, 0.1) is 18.8 Å². The van der Waals surface area contributed by atoms with E-state index >= 15 is 0 Å². The van der Waals surface area contributed by atoms with Crippen molar-refractivity contribution in [3.05, 3.63) is 17.5 Å². The molecule has 1 saturated carbocycles. The zero-order chi connectivity index (χ0) is 12.1. The molecule has 0 spiro atoms. The molecule has 1 heterocycles. The number of aryl methyl sites for hydroxylation is 1. The van der Waals surface area contributed by atoms with Crippen molar-refractivity contribution < 1.29 is 0 Å². The van der Waals surface area contributed by atoms with Crippen LogP contribution in [0.2, 0.25) is 0 Å². The van der Waals surface area contributed by atoms with Crippen LogP contribution in [0.3, 0.4) is 0 Å². The maximum Gasteiger partial charge on any atom is 0.0535 e. The lowest BCUT2D eigenvalue weighted by atomic mass is 9.81. The van der Waals surface area contributed by atoms with E-state index in [-0.39, 0.29) is 0 Å². The van der Waals surface area contributed by atoms with E-state index in [0.717, 1.165) is 24.9 Å². The van der Waals surface area contributed by atoms with Gasteiger partial charge in [-0.3, -0.25) is 5.10 Å². The van der Waals surface area contributed by atoms with Crippen LogP contribution >= 0.6 is 0 Å². The number of hydrogen-bond donors (Lipinski definition) is 2. The van der Waals surface area contributed by atoms with Crippen LogP contribution in [0.15, 0.2) is 6.20 Å². The van der Waals surface area contributed by atoms with E-state index in [4.69, 9.17) is 0 Å². The van der Waals surface area contributed by atoms with Crippen molar-refractivity contribution in [2.45, 2.75) is 52.5 Å². The molecule has 0 bridgehead atoms. The van der Waals surface area contributed by atoms with Crippen molar-refractivity contribution >= 4 is 0 Å². The molecule has 0 saturated heterocycles. The molecule has 17 heavy (non-hydrogen) atoms. The molecule has 0 unspecified atom stereocenters. The molecule has 0 aliphatic heterocycles. The Morgan fingerprint density at radius 1 is 1.35 bits per heavy atom. The van der Waals surface area contributed by atoms with Gasteiger partial charge in [0.1, 0.15) is 0 Å². The van der Waals surface area contributed by atoms with E-state index in [1.165, 1.54) is 43.4 Å². The molecule has 1 aliphatic rings. The third kappa shape index (κ3) is 3.84. The Morgan fingerprint density at radius 3 is 2.76 bits per heavy atom. The molecular weight excluding hydrogens is 210 g/mol. The fourth-order valence-electron chi connectivity index (χ4n) is 2.70. The van der Waals surface area contributed by atoms with Gasteiger partial charge in [-0.05, 0) is 31.7 Å². The van der Waals surface area contributed by atoms with Gasteiger partial charge in [0, 0.05) is 17.8 Å². The minimum atomic E-state index is 0.950. The number of rotatable bonds is 5. The lowest BCUT2D eigenvalue weighted by Crippen LogP contribution is -2.20. The van der Waals surface area contributed by atoms with E-state index in [1.54, 1.807) is 0 Å². The van der Waals surface area contributed by atoms with E-state index in [0.29, 0.717) is 0 Å². The molecule has 96 valence electrons. The summed E-state index contributed by atoms with van der Waals surface area (Å²) in [7, 11) is 0. The molecule has 0 aromatic carbocycles. The monoisotopic (exact) mass is 235 g/mol. The summed E-state index contributed by atoms with van der Waals surface area (Å²) in [6.07, 6.45) is 9.01. The zero-order valence-corrected chi connectivity index (χ0v) is 11.1. The van der Waals surface area contributed by atoms with Crippen LogP contribution in [0.5, 0.6) is 0 Å². The first-order chi connectivity index (χ1) is 8.25. The summed E-state index contributed by atoms with van der Waals surface area (Å²) in [5.74, 6) is 1.93. The summed E-state index contributed by atoms with van der Waals surface area (Å²) >= 11 is 0. The van der Waals surface area contributed by atoms with Crippen molar-refractivity contribution in [3.63, 3.8) is 0 Å². The quantitative estimate of drug-likeness (QED) is 0.770. The molecule has 0 radical (unpaired) electrons. The van der Waals surface area contributed by atoms with Crippen molar-refractivity contribution in [1.82, 2.24) is 15.5 Å². The van der Waals surface area contributed by atoms with Crippen LogP contribution < -0.4 is 5.32 Å². The lowest BCUT2D eigenvalue weighted by molar-refractivity contribution is 0.275. The highest BCUT2D eigenvalue weighted by atomic mass is 15.1.